The van der Waals surface area contributed by atoms with E-state index in [4.69, 9.17) is 11.6 Å². The number of hydrogen-bond acceptors (Lipinski definition) is 4. The predicted octanol–water partition coefficient (Wildman–Crippen LogP) is 5.23. The lowest BCUT2D eigenvalue weighted by atomic mass is 10.0. The van der Waals surface area contributed by atoms with Crippen LogP contribution in [-0.4, -0.2) is 49.5 Å². The second-order valence-corrected chi connectivity index (χ2v) is 12.9. The monoisotopic (exact) mass is 549 g/mol. The van der Waals surface area contributed by atoms with Crippen LogP contribution >= 0.6 is 11.6 Å². The number of carbonyl (C=O) groups excluding carboxylic acids is 2. The Bertz CT molecular complexity index is 1190. The SMILES string of the molecule is CC[C@H](C(=O)NC(C)(C)C)N(Cc1ccc(Cl)cc1)C(=O)CCCN(c1ccc(C)c(C)c1)S(C)(=O)=O. The molecule has 0 unspecified atom stereocenters. The van der Waals surface area contributed by atoms with E-state index in [1.165, 1.54) is 10.6 Å². The van der Waals surface area contributed by atoms with Crippen molar-refractivity contribution in [1.82, 2.24) is 10.2 Å². The molecule has 204 valence electrons. The average molecular weight is 550 g/mol. The van der Waals surface area contributed by atoms with Gasteiger partial charge >= 0.3 is 0 Å². The first-order chi connectivity index (χ1) is 17.1. The minimum absolute atomic E-state index is 0.101. The summed E-state index contributed by atoms with van der Waals surface area (Å²) in [4.78, 5) is 28.2. The number of benzene rings is 2. The van der Waals surface area contributed by atoms with Gasteiger partial charge in [0.2, 0.25) is 21.8 Å². The van der Waals surface area contributed by atoms with E-state index in [0.717, 1.165) is 16.7 Å². The van der Waals surface area contributed by atoms with Gasteiger partial charge in [-0.1, -0.05) is 36.7 Å². The molecule has 0 spiro atoms. The number of sulfonamides is 1. The van der Waals surface area contributed by atoms with Gasteiger partial charge in [-0.3, -0.25) is 13.9 Å². The Hall–Kier alpha value is -2.58. The van der Waals surface area contributed by atoms with Gasteiger partial charge in [-0.15, -0.1) is 0 Å². The standard InChI is InChI=1S/C28H40ClN3O4S/c1-8-25(27(34)30-28(4,5)6)31(19-22-12-14-23(29)15-13-22)26(33)10-9-17-32(37(7,35)36)24-16-11-20(2)21(3)18-24/h11-16,18,25H,8-10,17,19H2,1-7H3,(H,30,34)/t25-/m1/s1. The quantitative estimate of drug-likeness (QED) is 0.416. The van der Waals surface area contributed by atoms with E-state index in [-0.39, 0.29) is 31.3 Å². The first-order valence-electron chi connectivity index (χ1n) is 12.5. The molecule has 37 heavy (non-hydrogen) atoms. The minimum Gasteiger partial charge on any atom is -0.350 e. The maximum Gasteiger partial charge on any atom is 0.243 e. The van der Waals surface area contributed by atoms with Crippen molar-refractivity contribution in [2.45, 2.75) is 78.9 Å². The van der Waals surface area contributed by atoms with Crippen LogP contribution in [-0.2, 0) is 26.2 Å². The van der Waals surface area contributed by atoms with Gasteiger partial charge in [0.05, 0.1) is 11.9 Å². The summed E-state index contributed by atoms with van der Waals surface area (Å²) in [7, 11) is -3.54. The summed E-state index contributed by atoms with van der Waals surface area (Å²) in [5, 5.41) is 3.57. The lowest BCUT2D eigenvalue weighted by Gasteiger charge is -2.33. The highest BCUT2D eigenvalue weighted by Crippen LogP contribution is 2.23. The summed E-state index contributed by atoms with van der Waals surface area (Å²) in [5.41, 5.74) is 3.05. The van der Waals surface area contributed by atoms with E-state index in [0.29, 0.717) is 23.6 Å². The molecule has 0 aliphatic rings. The van der Waals surface area contributed by atoms with Gasteiger partial charge in [-0.2, -0.15) is 0 Å². The van der Waals surface area contributed by atoms with Crippen LogP contribution in [0.3, 0.4) is 0 Å². The third kappa shape index (κ3) is 9.34. The van der Waals surface area contributed by atoms with Crippen LogP contribution in [0, 0.1) is 13.8 Å². The third-order valence-corrected chi connectivity index (χ3v) is 7.53. The summed E-state index contributed by atoms with van der Waals surface area (Å²) in [6.07, 6.45) is 2.02. The highest BCUT2D eigenvalue weighted by atomic mass is 35.5. The number of halogens is 1. The number of carbonyl (C=O) groups is 2. The maximum absolute atomic E-state index is 13.5. The predicted molar refractivity (Wildman–Crippen MR) is 151 cm³/mol. The first kappa shape index (κ1) is 30.6. The fraction of sp³-hybridized carbons (Fsp3) is 0.500. The average Bonchev–Trinajstić information content (AvgIpc) is 2.77. The molecule has 9 heteroatoms. The minimum atomic E-state index is -3.54. The molecule has 0 aromatic heterocycles. The molecule has 1 N–H and O–H groups in total. The Kier molecular flexibility index (Phi) is 10.6. The molecule has 1 atom stereocenters. The summed E-state index contributed by atoms with van der Waals surface area (Å²) < 4.78 is 26.4. The summed E-state index contributed by atoms with van der Waals surface area (Å²) in [6, 6.07) is 12.0. The number of hydrogen-bond donors (Lipinski definition) is 1. The Morgan fingerprint density at radius 2 is 1.65 bits per heavy atom. The molecule has 0 heterocycles. The number of anilines is 1. The van der Waals surface area contributed by atoms with Crippen molar-refractivity contribution in [3.63, 3.8) is 0 Å². The summed E-state index contributed by atoms with van der Waals surface area (Å²) in [5.74, 6) is -0.426. The van der Waals surface area contributed by atoms with E-state index in [1.54, 1.807) is 23.1 Å². The van der Waals surface area contributed by atoms with Gasteiger partial charge in [0.1, 0.15) is 6.04 Å². The molecule has 0 saturated heterocycles. The molecule has 0 aliphatic carbocycles. The van der Waals surface area contributed by atoms with E-state index >= 15 is 0 Å². The smallest absolute Gasteiger partial charge is 0.243 e. The van der Waals surface area contributed by atoms with E-state index in [9.17, 15) is 18.0 Å². The van der Waals surface area contributed by atoms with Gasteiger partial charge in [0.25, 0.3) is 0 Å². The van der Waals surface area contributed by atoms with Gasteiger partial charge < -0.3 is 10.2 Å². The van der Waals surface area contributed by atoms with Crippen molar-refractivity contribution in [3.05, 3.63) is 64.2 Å². The Morgan fingerprint density at radius 1 is 1.03 bits per heavy atom. The Balaban J connectivity index is 2.25. The molecule has 0 fully saturated rings. The van der Waals surface area contributed by atoms with Crippen molar-refractivity contribution in [1.29, 1.82) is 0 Å². The van der Waals surface area contributed by atoms with Crippen LogP contribution in [0.15, 0.2) is 42.5 Å². The fourth-order valence-corrected chi connectivity index (χ4v) is 5.13. The maximum atomic E-state index is 13.5. The van der Waals surface area contributed by atoms with Gasteiger partial charge in [0, 0.05) is 30.1 Å². The van der Waals surface area contributed by atoms with Crippen molar-refractivity contribution in [2.75, 3.05) is 17.1 Å². The number of rotatable bonds is 11. The van der Waals surface area contributed by atoms with Crippen molar-refractivity contribution >= 4 is 39.1 Å². The molecule has 0 bridgehead atoms. The van der Waals surface area contributed by atoms with Crippen LogP contribution < -0.4 is 9.62 Å². The topological polar surface area (TPSA) is 86.8 Å². The van der Waals surface area contributed by atoms with E-state index in [2.05, 4.69) is 5.32 Å². The fourth-order valence-electron chi connectivity index (χ4n) is 4.04. The number of nitrogens with one attached hydrogen (secondary N) is 1. The lowest BCUT2D eigenvalue weighted by molar-refractivity contribution is -0.142. The van der Waals surface area contributed by atoms with Crippen molar-refractivity contribution < 1.29 is 18.0 Å². The number of nitrogens with zero attached hydrogens (tertiary/aromatic N) is 2. The molecule has 2 aromatic rings. The van der Waals surface area contributed by atoms with Crippen LogP contribution in [0.5, 0.6) is 0 Å². The van der Waals surface area contributed by atoms with Crippen LogP contribution in [0.2, 0.25) is 5.02 Å². The highest BCUT2D eigenvalue weighted by Gasteiger charge is 2.30. The summed E-state index contributed by atoms with van der Waals surface area (Å²) in [6.45, 7) is 11.9. The normalized spacial score (nSPS) is 12.6. The van der Waals surface area contributed by atoms with Crippen LogP contribution in [0.1, 0.15) is 63.6 Å². The largest absolute Gasteiger partial charge is 0.350 e. The Labute approximate surface area is 227 Å². The third-order valence-electron chi connectivity index (χ3n) is 6.08. The highest BCUT2D eigenvalue weighted by molar-refractivity contribution is 7.92. The summed E-state index contributed by atoms with van der Waals surface area (Å²) >= 11 is 6.03. The van der Waals surface area contributed by atoms with Crippen molar-refractivity contribution in [3.8, 4) is 0 Å². The van der Waals surface area contributed by atoms with Crippen LogP contribution in [0.25, 0.3) is 0 Å². The number of amides is 2. The zero-order chi connectivity index (χ0) is 28.0. The second-order valence-electron chi connectivity index (χ2n) is 10.5. The van der Waals surface area contributed by atoms with Crippen molar-refractivity contribution in [2.24, 2.45) is 0 Å². The van der Waals surface area contributed by atoms with E-state index in [1.807, 2.05) is 65.8 Å². The van der Waals surface area contributed by atoms with Crippen LogP contribution in [0.4, 0.5) is 5.69 Å². The molecule has 7 nitrogen and oxygen atoms in total. The molecule has 0 radical (unpaired) electrons. The molecular weight excluding hydrogens is 510 g/mol. The van der Waals surface area contributed by atoms with Gasteiger partial charge in [-0.05, 0) is 88.4 Å². The number of aryl methyl sites for hydroxylation is 2. The zero-order valence-corrected chi connectivity index (χ0v) is 24.5. The Morgan fingerprint density at radius 3 is 2.16 bits per heavy atom. The molecule has 2 aromatic carbocycles. The van der Waals surface area contributed by atoms with E-state index < -0.39 is 21.6 Å². The van der Waals surface area contributed by atoms with Gasteiger partial charge in [-0.25, -0.2) is 8.42 Å². The lowest BCUT2D eigenvalue weighted by Crippen LogP contribution is -2.53. The second kappa shape index (κ2) is 12.8. The molecule has 2 amide bonds. The molecule has 0 saturated carbocycles. The first-order valence-corrected chi connectivity index (χ1v) is 14.8. The molecule has 2 rings (SSSR count). The molecule has 0 aliphatic heterocycles. The zero-order valence-electron chi connectivity index (χ0n) is 23.0. The van der Waals surface area contributed by atoms with Gasteiger partial charge in [0.15, 0.2) is 0 Å². The molecular formula is C28H40ClN3O4S.